The standard InChI is InChI=1S/C11H10BrN3O/c1-15-6-8(5-14-15)11(16)7-2-3-10(13)9(12)4-7/h2-6H,13H2,1H3. The molecule has 0 spiro atoms. The third-order valence-electron chi connectivity index (χ3n) is 2.23. The van der Waals surface area contributed by atoms with Gasteiger partial charge in [0.1, 0.15) is 0 Å². The topological polar surface area (TPSA) is 60.9 Å². The van der Waals surface area contributed by atoms with E-state index in [-0.39, 0.29) is 5.78 Å². The number of nitrogen functional groups attached to an aromatic ring is 1. The van der Waals surface area contributed by atoms with Crippen molar-refractivity contribution in [2.45, 2.75) is 0 Å². The lowest BCUT2D eigenvalue weighted by Gasteiger charge is -2.01. The van der Waals surface area contributed by atoms with Crippen LogP contribution in [0.5, 0.6) is 0 Å². The summed E-state index contributed by atoms with van der Waals surface area (Å²) < 4.78 is 2.32. The summed E-state index contributed by atoms with van der Waals surface area (Å²) in [7, 11) is 1.77. The molecule has 2 rings (SSSR count). The molecule has 0 saturated heterocycles. The first-order valence-corrected chi connectivity index (χ1v) is 5.45. The highest BCUT2D eigenvalue weighted by molar-refractivity contribution is 9.10. The van der Waals surface area contributed by atoms with Gasteiger partial charge >= 0.3 is 0 Å². The molecule has 1 aromatic carbocycles. The van der Waals surface area contributed by atoms with Crippen LogP contribution < -0.4 is 5.73 Å². The molecule has 0 aliphatic heterocycles. The fourth-order valence-corrected chi connectivity index (χ4v) is 1.75. The summed E-state index contributed by atoms with van der Waals surface area (Å²) in [5.41, 5.74) is 7.43. The Morgan fingerprint density at radius 2 is 2.19 bits per heavy atom. The number of carbonyl (C=O) groups is 1. The van der Waals surface area contributed by atoms with Crippen LogP contribution in [-0.4, -0.2) is 15.6 Å². The van der Waals surface area contributed by atoms with E-state index in [1.807, 2.05) is 0 Å². The van der Waals surface area contributed by atoms with E-state index in [4.69, 9.17) is 5.73 Å². The van der Waals surface area contributed by atoms with Crippen molar-refractivity contribution in [3.8, 4) is 0 Å². The second kappa shape index (κ2) is 4.09. The summed E-state index contributed by atoms with van der Waals surface area (Å²) in [6.45, 7) is 0. The van der Waals surface area contributed by atoms with Crippen molar-refractivity contribution >= 4 is 27.4 Å². The van der Waals surface area contributed by atoms with E-state index in [2.05, 4.69) is 21.0 Å². The van der Waals surface area contributed by atoms with Crippen molar-refractivity contribution in [2.24, 2.45) is 7.05 Å². The van der Waals surface area contributed by atoms with E-state index >= 15 is 0 Å². The predicted molar refractivity (Wildman–Crippen MR) is 65.2 cm³/mol. The molecule has 0 aliphatic carbocycles. The minimum atomic E-state index is -0.0613. The number of anilines is 1. The van der Waals surface area contributed by atoms with E-state index in [0.29, 0.717) is 16.8 Å². The lowest BCUT2D eigenvalue weighted by atomic mass is 10.1. The Morgan fingerprint density at radius 3 is 2.75 bits per heavy atom. The number of rotatable bonds is 2. The maximum Gasteiger partial charge on any atom is 0.196 e. The molecule has 4 nitrogen and oxygen atoms in total. The number of aromatic nitrogens is 2. The van der Waals surface area contributed by atoms with Crippen LogP contribution >= 0.6 is 15.9 Å². The average molecular weight is 280 g/mol. The maximum absolute atomic E-state index is 12.0. The number of benzene rings is 1. The molecule has 82 valence electrons. The van der Waals surface area contributed by atoms with Gasteiger partial charge in [-0.05, 0) is 34.1 Å². The molecule has 0 fully saturated rings. The molecule has 16 heavy (non-hydrogen) atoms. The largest absolute Gasteiger partial charge is 0.398 e. The SMILES string of the molecule is Cn1cc(C(=O)c2ccc(N)c(Br)c2)cn1. The fourth-order valence-electron chi connectivity index (χ4n) is 1.37. The molecule has 1 heterocycles. The molecule has 2 aromatic rings. The highest BCUT2D eigenvalue weighted by Gasteiger charge is 2.11. The summed E-state index contributed by atoms with van der Waals surface area (Å²) in [6.07, 6.45) is 3.24. The zero-order valence-corrected chi connectivity index (χ0v) is 10.2. The molecular weight excluding hydrogens is 270 g/mol. The van der Waals surface area contributed by atoms with Gasteiger partial charge in [0, 0.05) is 29.0 Å². The Labute approximate surface area is 101 Å². The van der Waals surface area contributed by atoms with Gasteiger partial charge in [-0.25, -0.2) is 0 Å². The number of hydrogen-bond donors (Lipinski definition) is 1. The third-order valence-corrected chi connectivity index (χ3v) is 2.92. The van der Waals surface area contributed by atoms with Gasteiger partial charge in [0.25, 0.3) is 0 Å². The molecule has 5 heteroatoms. The first-order chi connectivity index (χ1) is 7.58. The van der Waals surface area contributed by atoms with Crippen LogP contribution in [0.4, 0.5) is 5.69 Å². The molecule has 2 N–H and O–H groups in total. The second-order valence-corrected chi connectivity index (χ2v) is 4.32. The van der Waals surface area contributed by atoms with Crippen LogP contribution in [0.2, 0.25) is 0 Å². The van der Waals surface area contributed by atoms with Gasteiger partial charge in [0.15, 0.2) is 5.78 Å². The summed E-state index contributed by atoms with van der Waals surface area (Å²) >= 11 is 3.29. The number of ketones is 1. The van der Waals surface area contributed by atoms with Gasteiger partial charge in [-0.2, -0.15) is 5.10 Å². The lowest BCUT2D eigenvalue weighted by Crippen LogP contribution is -2.00. The molecule has 0 amide bonds. The van der Waals surface area contributed by atoms with Crippen molar-refractivity contribution in [1.29, 1.82) is 0 Å². The van der Waals surface area contributed by atoms with Crippen LogP contribution in [-0.2, 0) is 7.05 Å². The molecule has 0 atom stereocenters. The summed E-state index contributed by atoms with van der Waals surface area (Å²) in [5.74, 6) is -0.0613. The van der Waals surface area contributed by atoms with Crippen molar-refractivity contribution in [3.05, 3.63) is 46.2 Å². The van der Waals surface area contributed by atoms with Gasteiger partial charge in [-0.3, -0.25) is 9.48 Å². The number of halogens is 1. The van der Waals surface area contributed by atoms with Crippen molar-refractivity contribution in [3.63, 3.8) is 0 Å². The van der Waals surface area contributed by atoms with Crippen LogP contribution in [0.1, 0.15) is 15.9 Å². The Hall–Kier alpha value is -1.62. The maximum atomic E-state index is 12.0. The molecule has 0 bridgehead atoms. The number of carbonyl (C=O) groups excluding carboxylic acids is 1. The van der Waals surface area contributed by atoms with E-state index in [9.17, 15) is 4.79 Å². The van der Waals surface area contributed by atoms with Crippen molar-refractivity contribution in [1.82, 2.24) is 9.78 Å². The van der Waals surface area contributed by atoms with E-state index in [1.54, 1.807) is 42.3 Å². The van der Waals surface area contributed by atoms with Gasteiger partial charge < -0.3 is 5.73 Å². The quantitative estimate of drug-likeness (QED) is 0.676. The number of nitrogens with zero attached hydrogens (tertiary/aromatic N) is 2. The zero-order chi connectivity index (χ0) is 11.7. The Balaban J connectivity index is 2.38. The highest BCUT2D eigenvalue weighted by Crippen LogP contribution is 2.21. The minimum absolute atomic E-state index is 0.0613. The van der Waals surface area contributed by atoms with Gasteiger partial charge in [-0.1, -0.05) is 0 Å². The van der Waals surface area contributed by atoms with Crippen LogP contribution in [0.25, 0.3) is 0 Å². The Bertz CT molecular complexity index is 548. The van der Waals surface area contributed by atoms with E-state index < -0.39 is 0 Å². The number of nitrogens with two attached hydrogens (primary N) is 1. The molecule has 0 unspecified atom stereocenters. The monoisotopic (exact) mass is 279 g/mol. The molecular formula is C11H10BrN3O. The lowest BCUT2D eigenvalue weighted by molar-refractivity contribution is 0.103. The van der Waals surface area contributed by atoms with E-state index in [1.165, 1.54) is 0 Å². The Kier molecular flexibility index (Phi) is 2.78. The Morgan fingerprint density at radius 1 is 1.44 bits per heavy atom. The summed E-state index contributed by atoms with van der Waals surface area (Å²) in [5, 5.41) is 3.96. The summed E-state index contributed by atoms with van der Waals surface area (Å²) in [6, 6.07) is 5.12. The first-order valence-electron chi connectivity index (χ1n) is 4.66. The zero-order valence-electron chi connectivity index (χ0n) is 8.64. The first kappa shape index (κ1) is 10.9. The van der Waals surface area contributed by atoms with E-state index in [0.717, 1.165) is 4.47 Å². The molecule has 0 saturated carbocycles. The van der Waals surface area contributed by atoms with Gasteiger partial charge in [-0.15, -0.1) is 0 Å². The minimum Gasteiger partial charge on any atom is -0.398 e. The third kappa shape index (κ3) is 1.99. The van der Waals surface area contributed by atoms with Crippen LogP contribution in [0.15, 0.2) is 35.1 Å². The molecule has 1 aromatic heterocycles. The van der Waals surface area contributed by atoms with Crippen LogP contribution in [0, 0.1) is 0 Å². The van der Waals surface area contributed by atoms with Crippen molar-refractivity contribution in [2.75, 3.05) is 5.73 Å². The summed E-state index contributed by atoms with van der Waals surface area (Å²) in [4.78, 5) is 12.0. The van der Waals surface area contributed by atoms with Gasteiger partial charge in [0.2, 0.25) is 0 Å². The second-order valence-electron chi connectivity index (χ2n) is 3.47. The number of aryl methyl sites for hydroxylation is 1. The van der Waals surface area contributed by atoms with Crippen LogP contribution in [0.3, 0.4) is 0 Å². The fraction of sp³-hybridized carbons (Fsp3) is 0.0909. The smallest absolute Gasteiger partial charge is 0.196 e. The predicted octanol–water partition coefficient (Wildman–Crippen LogP) is 2.00. The highest BCUT2D eigenvalue weighted by atomic mass is 79.9. The van der Waals surface area contributed by atoms with Gasteiger partial charge in [0.05, 0.1) is 11.8 Å². The molecule has 0 radical (unpaired) electrons. The molecule has 0 aliphatic rings. The van der Waals surface area contributed by atoms with Crippen molar-refractivity contribution < 1.29 is 4.79 Å². The number of hydrogen-bond acceptors (Lipinski definition) is 3. The normalized spacial score (nSPS) is 10.4. The average Bonchev–Trinajstić information content (AvgIpc) is 2.68.